The molecule has 1 atom stereocenters. The first-order valence-corrected chi connectivity index (χ1v) is 15.1. The molecular formula is C28H33ClN6O4S. The van der Waals surface area contributed by atoms with E-state index < -0.39 is 15.1 Å². The Balaban J connectivity index is 1.51. The number of anilines is 4. The van der Waals surface area contributed by atoms with E-state index in [4.69, 9.17) is 16.3 Å². The van der Waals surface area contributed by atoms with Crippen LogP contribution in [0.1, 0.15) is 40.2 Å². The largest absolute Gasteiger partial charge is 0.494 e. The molecule has 5 rings (SSSR count). The zero-order valence-corrected chi connectivity index (χ0v) is 24.3. The van der Waals surface area contributed by atoms with Gasteiger partial charge in [0.1, 0.15) is 10.8 Å². The molecule has 4 N–H and O–H groups in total. The molecule has 1 aliphatic heterocycles. The number of aromatic nitrogens is 3. The molecule has 3 heterocycles. The molecule has 1 aliphatic rings. The van der Waals surface area contributed by atoms with Crippen LogP contribution >= 0.6 is 11.6 Å². The number of aromatic hydroxyl groups is 1. The molecule has 212 valence electrons. The summed E-state index contributed by atoms with van der Waals surface area (Å²) in [6.07, 6.45) is 4.21. The number of hydrogen-bond donors (Lipinski definition) is 4. The highest BCUT2D eigenvalue weighted by molar-refractivity contribution is 7.92. The quantitative estimate of drug-likeness (QED) is 0.193. The molecule has 10 nitrogen and oxygen atoms in total. The van der Waals surface area contributed by atoms with Crippen molar-refractivity contribution in [3.05, 3.63) is 53.8 Å². The van der Waals surface area contributed by atoms with E-state index in [1.807, 2.05) is 36.7 Å². The zero-order chi connectivity index (χ0) is 28.6. The molecule has 0 amide bonds. The SMILES string of the molecule is CC(C)Oc1cc2cn([C@H]3CCNC3)c(O)c2cc1Nc1ncc(Cl)c(Nc2ccccc2S(=O)(=O)C(C)C)n1. The second-order valence-corrected chi connectivity index (χ2v) is 13.2. The zero-order valence-electron chi connectivity index (χ0n) is 22.8. The normalized spacial score (nSPS) is 15.7. The number of sulfone groups is 1. The van der Waals surface area contributed by atoms with Crippen LogP contribution in [0.4, 0.5) is 23.1 Å². The Morgan fingerprint density at radius 3 is 2.62 bits per heavy atom. The average molecular weight is 585 g/mol. The smallest absolute Gasteiger partial charge is 0.229 e. The highest BCUT2D eigenvalue weighted by Gasteiger charge is 2.24. The summed E-state index contributed by atoms with van der Waals surface area (Å²) in [7, 11) is -3.56. The summed E-state index contributed by atoms with van der Waals surface area (Å²) >= 11 is 6.41. The van der Waals surface area contributed by atoms with Crippen LogP contribution < -0.4 is 20.7 Å². The standard InChI is InChI=1S/C28H33ClN6O4S/c1-16(2)39-24-11-18-15-35(19-9-10-30-13-19)27(36)20(18)12-23(24)33-28-31-14-21(29)26(34-28)32-22-7-5-6-8-25(22)40(37,38)17(3)4/h5-8,11-12,14-17,19,30,36H,9-10,13H2,1-4H3,(H2,31,32,33,34)/t19-/m0/s1. The number of hydrogen-bond acceptors (Lipinski definition) is 9. The Morgan fingerprint density at radius 1 is 1.15 bits per heavy atom. The van der Waals surface area contributed by atoms with Crippen LogP contribution in [0.3, 0.4) is 0 Å². The second-order valence-electron chi connectivity index (χ2n) is 10.3. The number of para-hydroxylation sites is 1. The maximum atomic E-state index is 12.9. The van der Waals surface area contributed by atoms with E-state index in [1.165, 1.54) is 6.20 Å². The van der Waals surface area contributed by atoms with Gasteiger partial charge in [-0.25, -0.2) is 13.4 Å². The van der Waals surface area contributed by atoms with Crippen molar-refractivity contribution >= 4 is 55.4 Å². The monoisotopic (exact) mass is 584 g/mol. The molecule has 40 heavy (non-hydrogen) atoms. The summed E-state index contributed by atoms with van der Waals surface area (Å²) in [5.74, 6) is 1.21. The fourth-order valence-corrected chi connectivity index (χ4v) is 6.03. The Labute approximate surface area is 238 Å². The van der Waals surface area contributed by atoms with E-state index in [-0.39, 0.29) is 39.7 Å². The molecule has 0 aliphatic carbocycles. The molecule has 1 fully saturated rings. The van der Waals surface area contributed by atoms with Gasteiger partial charge >= 0.3 is 0 Å². The third-order valence-corrected chi connectivity index (χ3v) is 9.25. The number of nitrogens with zero attached hydrogens (tertiary/aromatic N) is 3. The van der Waals surface area contributed by atoms with Crippen molar-refractivity contribution in [2.45, 2.75) is 56.4 Å². The van der Waals surface area contributed by atoms with E-state index in [0.29, 0.717) is 22.5 Å². The lowest BCUT2D eigenvalue weighted by Crippen LogP contribution is -2.15. The summed E-state index contributed by atoms with van der Waals surface area (Å²) < 4.78 is 33.8. The van der Waals surface area contributed by atoms with Crippen molar-refractivity contribution < 1.29 is 18.3 Å². The lowest BCUT2D eigenvalue weighted by atomic mass is 10.2. The van der Waals surface area contributed by atoms with Crippen molar-refractivity contribution in [2.75, 3.05) is 23.7 Å². The summed E-state index contributed by atoms with van der Waals surface area (Å²) in [5.41, 5.74) is 0.926. The Kier molecular flexibility index (Phi) is 7.80. The molecule has 1 saturated heterocycles. The van der Waals surface area contributed by atoms with Gasteiger partial charge in [0.05, 0.1) is 39.9 Å². The molecule has 0 spiro atoms. The number of rotatable bonds is 9. The first-order chi connectivity index (χ1) is 19.0. The minimum absolute atomic E-state index is 0.101. The molecule has 0 radical (unpaired) electrons. The third-order valence-electron chi connectivity index (χ3n) is 6.76. The van der Waals surface area contributed by atoms with Crippen LogP contribution in [0.15, 0.2) is 53.7 Å². The van der Waals surface area contributed by atoms with Gasteiger partial charge < -0.3 is 30.4 Å². The molecule has 0 saturated carbocycles. The molecule has 0 bridgehead atoms. The first-order valence-electron chi connectivity index (χ1n) is 13.2. The summed E-state index contributed by atoms with van der Waals surface area (Å²) in [4.78, 5) is 9.01. The average Bonchev–Trinajstić information content (AvgIpc) is 3.54. The minimum atomic E-state index is -3.56. The van der Waals surface area contributed by atoms with Crippen LogP contribution in [-0.4, -0.2) is 52.5 Å². The van der Waals surface area contributed by atoms with Gasteiger partial charge in [0.25, 0.3) is 0 Å². The van der Waals surface area contributed by atoms with Crippen LogP contribution in [0.5, 0.6) is 11.6 Å². The van der Waals surface area contributed by atoms with Crippen LogP contribution in [0.25, 0.3) is 10.8 Å². The van der Waals surface area contributed by atoms with Crippen molar-refractivity contribution in [1.82, 2.24) is 19.9 Å². The van der Waals surface area contributed by atoms with Gasteiger partial charge in [0.15, 0.2) is 21.5 Å². The number of halogens is 1. The Bertz CT molecular complexity index is 1650. The van der Waals surface area contributed by atoms with E-state index in [1.54, 1.807) is 38.1 Å². The summed E-state index contributed by atoms with van der Waals surface area (Å²) in [5, 5.41) is 21.8. The van der Waals surface area contributed by atoms with Gasteiger partial charge in [-0.05, 0) is 64.9 Å². The van der Waals surface area contributed by atoms with Crippen molar-refractivity contribution in [2.24, 2.45) is 0 Å². The summed E-state index contributed by atoms with van der Waals surface area (Å²) in [6.45, 7) is 8.84. The van der Waals surface area contributed by atoms with Crippen molar-refractivity contribution in [1.29, 1.82) is 0 Å². The van der Waals surface area contributed by atoms with Crippen LogP contribution in [0, 0.1) is 0 Å². The lowest BCUT2D eigenvalue weighted by molar-refractivity contribution is 0.244. The van der Waals surface area contributed by atoms with Gasteiger partial charge in [0.2, 0.25) is 5.95 Å². The Hall–Kier alpha value is -3.54. The molecule has 2 aromatic heterocycles. The van der Waals surface area contributed by atoms with Crippen LogP contribution in [0.2, 0.25) is 5.02 Å². The topological polar surface area (TPSA) is 130 Å². The van der Waals surface area contributed by atoms with Crippen molar-refractivity contribution in [3.8, 4) is 11.6 Å². The fraction of sp³-hybridized carbons (Fsp3) is 0.357. The molecule has 4 aromatic rings. The third kappa shape index (κ3) is 5.54. The number of fused-ring (bicyclic) bond motifs is 1. The second kappa shape index (κ2) is 11.1. The van der Waals surface area contributed by atoms with Gasteiger partial charge in [-0.1, -0.05) is 23.7 Å². The van der Waals surface area contributed by atoms with Gasteiger partial charge in [-0.15, -0.1) is 0 Å². The van der Waals surface area contributed by atoms with Gasteiger partial charge in [0, 0.05) is 23.5 Å². The van der Waals surface area contributed by atoms with E-state index in [9.17, 15) is 13.5 Å². The highest BCUT2D eigenvalue weighted by Crippen LogP contribution is 2.40. The molecule has 12 heteroatoms. The molecule has 0 unspecified atom stereocenters. The van der Waals surface area contributed by atoms with Crippen molar-refractivity contribution in [3.63, 3.8) is 0 Å². The molecular weight excluding hydrogens is 552 g/mol. The predicted molar refractivity (Wildman–Crippen MR) is 158 cm³/mol. The van der Waals surface area contributed by atoms with Gasteiger partial charge in [-0.3, -0.25) is 0 Å². The molecule has 2 aromatic carbocycles. The van der Waals surface area contributed by atoms with Crippen LogP contribution in [-0.2, 0) is 9.84 Å². The fourth-order valence-electron chi connectivity index (χ4n) is 4.69. The van der Waals surface area contributed by atoms with E-state index >= 15 is 0 Å². The maximum Gasteiger partial charge on any atom is 0.229 e. The Morgan fingerprint density at radius 2 is 1.93 bits per heavy atom. The number of nitrogens with one attached hydrogen (secondary N) is 3. The first kappa shape index (κ1) is 28.0. The highest BCUT2D eigenvalue weighted by atomic mass is 35.5. The number of benzene rings is 2. The maximum absolute atomic E-state index is 12.9. The minimum Gasteiger partial charge on any atom is -0.494 e. The predicted octanol–water partition coefficient (Wildman–Crippen LogP) is 5.78. The van der Waals surface area contributed by atoms with Gasteiger partial charge in [-0.2, -0.15) is 4.98 Å². The lowest BCUT2D eigenvalue weighted by Gasteiger charge is -2.17. The summed E-state index contributed by atoms with van der Waals surface area (Å²) in [6, 6.07) is 10.5. The van der Waals surface area contributed by atoms with E-state index in [0.717, 1.165) is 24.9 Å². The number of ether oxygens (including phenoxy) is 1. The van der Waals surface area contributed by atoms with E-state index in [2.05, 4.69) is 25.9 Å².